The molecule has 1 aliphatic carbocycles. The number of ketones is 2. The summed E-state index contributed by atoms with van der Waals surface area (Å²) in [5.74, 6) is -1.63. The quantitative estimate of drug-likeness (QED) is 0.499. The summed E-state index contributed by atoms with van der Waals surface area (Å²) in [6, 6.07) is 2.66. The topological polar surface area (TPSA) is 80.3 Å². The van der Waals surface area contributed by atoms with Crippen LogP contribution < -0.4 is 5.32 Å². The van der Waals surface area contributed by atoms with Crippen molar-refractivity contribution >= 4 is 23.4 Å². The third kappa shape index (κ3) is 0.942. The second kappa shape index (κ2) is 2.63. The molecule has 1 aromatic carbocycles. The first-order valence-electron chi connectivity index (χ1n) is 4.68. The first-order chi connectivity index (χ1) is 7.58. The molecule has 1 heterocycles. The lowest BCUT2D eigenvalue weighted by Crippen LogP contribution is -2.19. The minimum absolute atomic E-state index is 0.173. The van der Waals surface area contributed by atoms with Crippen LogP contribution in [-0.4, -0.2) is 23.4 Å². The third-order valence-corrected chi connectivity index (χ3v) is 2.80. The number of imide groups is 1. The van der Waals surface area contributed by atoms with Crippen LogP contribution >= 0.6 is 0 Å². The molecule has 2 aliphatic rings. The average molecular weight is 215 g/mol. The molecule has 1 N–H and O–H groups in total. The largest absolute Gasteiger partial charge is 0.294 e. The van der Waals surface area contributed by atoms with E-state index < -0.39 is 11.8 Å². The number of benzene rings is 1. The lowest BCUT2D eigenvalue weighted by Gasteiger charge is -1.98. The molecule has 5 nitrogen and oxygen atoms in total. The number of hydrogen-bond donors (Lipinski definition) is 1. The van der Waals surface area contributed by atoms with Crippen LogP contribution in [0.5, 0.6) is 0 Å². The van der Waals surface area contributed by atoms with Crippen LogP contribution in [0, 0.1) is 0 Å². The second-order valence-electron chi connectivity index (χ2n) is 3.75. The van der Waals surface area contributed by atoms with E-state index >= 15 is 0 Å². The maximum atomic E-state index is 11.4. The number of fused-ring (bicyclic) bond motifs is 2. The smallest absolute Gasteiger partial charge is 0.258 e. The maximum Gasteiger partial charge on any atom is 0.258 e. The number of hydrogen-bond acceptors (Lipinski definition) is 4. The number of rotatable bonds is 0. The summed E-state index contributed by atoms with van der Waals surface area (Å²) in [6.07, 6.45) is -0.173. The van der Waals surface area contributed by atoms with Gasteiger partial charge in [-0.2, -0.15) is 0 Å². The van der Waals surface area contributed by atoms with Crippen LogP contribution in [0.25, 0.3) is 0 Å². The van der Waals surface area contributed by atoms with Gasteiger partial charge in [0.1, 0.15) is 0 Å². The van der Waals surface area contributed by atoms with Crippen molar-refractivity contribution in [3.05, 3.63) is 34.4 Å². The Bertz CT molecular complexity index is 500. The second-order valence-corrected chi connectivity index (χ2v) is 3.75. The molecule has 5 heteroatoms. The summed E-state index contributed by atoms with van der Waals surface area (Å²) >= 11 is 0. The van der Waals surface area contributed by atoms with Crippen molar-refractivity contribution in [3.63, 3.8) is 0 Å². The molecule has 0 spiro atoms. The molecule has 0 saturated carbocycles. The zero-order valence-electron chi connectivity index (χ0n) is 7.99. The number of Topliss-reactive ketones (excluding diaryl/α,β-unsaturated/α-hetero) is 2. The zero-order valence-corrected chi connectivity index (χ0v) is 7.99. The molecule has 1 aliphatic heterocycles. The van der Waals surface area contributed by atoms with Gasteiger partial charge in [-0.25, -0.2) is 0 Å². The van der Waals surface area contributed by atoms with Crippen LogP contribution in [0.3, 0.4) is 0 Å². The summed E-state index contributed by atoms with van der Waals surface area (Å²) in [7, 11) is 0. The lowest BCUT2D eigenvalue weighted by atomic mass is 10.0. The fourth-order valence-corrected chi connectivity index (χ4v) is 2.01. The Hall–Kier alpha value is -2.30. The molecular weight excluding hydrogens is 210 g/mol. The van der Waals surface area contributed by atoms with Crippen LogP contribution in [-0.2, 0) is 0 Å². The molecule has 0 radical (unpaired) electrons. The van der Waals surface area contributed by atoms with Gasteiger partial charge in [-0.15, -0.1) is 0 Å². The monoisotopic (exact) mass is 215 g/mol. The van der Waals surface area contributed by atoms with Gasteiger partial charge in [-0.05, 0) is 12.1 Å². The molecule has 0 atom stereocenters. The summed E-state index contributed by atoms with van der Waals surface area (Å²) in [4.78, 5) is 45.5. The zero-order chi connectivity index (χ0) is 11.4. The Morgan fingerprint density at radius 1 is 0.750 bits per heavy atom. The molecule has 0 saturated heterocycles. The highest BCUT2D eigenvalue weighted by atomic mass is 16.2. The Labute approximate surface area is 89.4 Å². The minimum atomic E-state index is -0.519. The maximum absolute atomic E-state index is 11.4. The van der Waals surface area contributed by atoms with Crippen LogP contribution in [0.15, 0.2) is 12.1 Å². The third-order valence-electron chi connectivity index (χ3n) is 2.80. The van der Waals surface area contributed by atoms with Crippen molar-refractivity contribution in [1.82, 2.24) is 5.32 Å². The van der Waals surface area contributed by atoms with Crippen molar-refractivity contribution in [2.75, 3.05) is 0 Å². The lowest BCUT2D eigenvalue weighted by molar-refractivity contribution is 0.0876. The van der Waals surface area contributed by atoms with Gasteiger partial charge in [-0.1, -0.05) is 0 Å². The molecular formula is C11H5NO4. The number of carbonyl (C=O) groups is 4. The molecule has 1 aromatic rings. The molecule has 3 rings (SSSR count). The standard InChI is InChI=1S/C11H5NO4/c13-8-3-9(14)5-2-7-6(1-4(5)8)10(15)12-11(7)16/h1-2H,3H2,(H,12,15,16). The highest BCUT2D eigenvalue weighted by molar-refractivity contribution is 6.28. The minimum Gasteiger partial charge on any atom is -0.294 e. The molecule has 16 heavy (non-hydrogen) atoms. The summed E-state index contributed by atoms with van der Waals surface area (Å²) in [5, 5.41) is 2.11. The van der Waals surface area contributed by atoms with E-state index in [0.29, 0.717) is 0 Å². The van der Waals surface area contributed by atoms with Gasteiger partial charge >= 0.3 is 0 Å². The predicted molar refractivity (Wildman–Crippen MR) is 51.5 cm³/mol. The molecule has 0 unspecified atom stereocenters. The first kappa shape index (κ1) is 8.96. The van der Waals surface area contributed by atoms with Gasteiger partial charge < -0.3 is 0 Å². The van der Waals surface area contributed by atoms with Crippen molar-refractivity contribution in [2.24, 2.45) is 0 Å². The van der Waals surface area contributed by atoms with Gasteiger partial charge in [0.25, 0.3) is 11.8 Å². The van der Waals surface area contributed by atoms with Gasteiger partial charge in [0.15, 0.2) is 11.6 Å². The van der Waals surface area contributed by atoms with E-state index in [2.05, 4.69) is 5.32 Å². The molecule has 2 amide bonds. The number of nitrogens with one attached hydrogen (secondary N) is 1. The van der Waals surface area contributed by atoms with E-state index in [1.54, 1.807) is 0 Å². The fourth-order valence-electron chi connectivity index (χ4n) is 2.01. The van der Waals surface area contributed by atoms with Crippen molar-refractivity contribution in [2.45, 2.75) is 6.42 Å². The Kier molecular flexibility index (Phi) is 1.47. The Morgan fingerprint density at radius 3 is 1.62 bits per heavy atom. The fraction of sp³-hybridized carbons (Fsp3) is 0.0909. The van der Waals surface area contributed by atoms with E-state index in [-0.39, 0.29) is 40.2 Å². The van der Waals surface area contributed by atoms with Crippen molar-refractivity contribution in [3.8, 4) is 0 Å². The van der Waals surface area contributed by atoms with Gasteiger partial charge in [0, 0.05) is 11.1 Å². The number of carbonyl (C=O) groups excluding carboxylic acids is 4. The molecule has 0 fully saturated rings. The van der Waals surface area contributed by atoms with Crippen LogP contribution in [0.2, 0.25) is 0 Å². The predicted octanol–water partition coefficient (Wildman–Crippen LogP) is 0.339. The SMILES string of the molecule is O=C1CC(=O)c2cc3c(cc21)C(=O)NC3=O. The Balaban J connectivity index is 2.33. The molecule has 78 valence electrons. The molecule has 0 bridgehead atoms. The Morgan fingerprint density at radius 2 is 1.19 bits per heavy atom. The van der Waals surface area contributed by atoms with E-state index in [1.165, 1.54) is 12.1 Å². The van der Waals surface area contributed by atoms with Gasteiger partial charge in [0.2, 0.25) is 0 Å². The van der Waals surface area contributed by atoms with E-state index in [1.807, 2.05) is 0 Å². The summed E-state index contributed by atoms with van der Waals surface area (Å²) < 4.78 is 0. The normalized spacial score (nSPS) is 17.5. The summed E-state index contributed by atoms with van der Waals surface area (Å²) in [6.45, 7) is 0. The highest BCUT2D eigenvalue weighted by Gasteiger charge is 2.34. The number of amides is 2. The van der Waals surface area contributed by atoms with Crippen molar-refractivity contribution in [1.29, 1.82) is 0 Å². The van der Waals surface area contributed by atoms with Crippen LogP contribution in [0.4, 0.5) is 0 Å². The average Bonchev–Trinajstić information content (AvgIpc) is 2.67. The van der Waals surface area contributed by atoms with E-state index in [0.717, 1.165) is 0 Å². The van der Waals surface area contributed by atoms with E-state index in [4.69, 9.17) is 0 Å². The van der Waals surface area contributed by atoms with E-state index in [9.17, 15) is 19.2 Å². The van der Waals surface area contributed by atoms with Gasteiger partial charge in [0.05, 0.1) is 17.5 Å². The van der Waals surface area contributed by atoms with Crippen molar-refractivity contribution < 1.29 is 19.2 Å². The van der Waals surface area contributed by atoms with Crippen LogP contribution in [0.1, 0.15) is 47.9 Å². The molecule has 0 aromatic heterocycles. The van der Waals surface area contributed by atoms with Gasteiger partial charge in [-0.3, -0.25) is 24.5 Å². The first-order valence-corrected chi connectivity index (χ1v) is 4.68. The summed E-state index contributed by atoms with van der Waals surface area (Å²) in [5.41, 5.74) is 0.834. The highest BCUT2D eigenvalue weighted by Crippen LogP contribution is 2.27.